The molecule has 7 nitrogen and oxygen atoms in total. The van der Waals surface area contributed by atoms with Crippen molar-refractivity contribution < 1.29 is 4.52 Å². The molecule has 4 heterocycles. The standard InChI is InChI=1S/C17H20N6O/c1-2-12(1)15-3-4-16-18-19-17(23(16)20-15)13-5-8-22(9-6-13)11-14-7-10-24-21-14/h3-4,7,10,12-13H,1-2,5-6,8-9,11H2. The van der Waals surface area contributed by atoms with Gasteiger partial charge in [-0.2, -0.15) is 9.61 Å². The number of likely N-dealkylation sites (tertiary alicyclic amines) is 1. The molecule has 2 fully saturated rings. The third-order valence-corrected chi connectivity index (χ3v) is 5.13. The van der Waals surface area contributed by atoms with Gasteiger partial charge in [0.25, 0.3) is 0 Å². The van der Waals surface area contributed by atoms with Gasteiger partial charge in [-0.25, -0.2) is 0 Å². The summed E-state index contributed by atoms with van der Waals surface area (Å²) < 4.78 is 6.89. The van der Waals surface area contributed by atoms with E-state index in [0.29, 0.717) is 11.8 Å². The third-order valence-electron chi connectivity index (χ3n) is 5.13. The Morgan fingerprint density at radius 3 is 2.62 bits per heavy atom. The summed E-state index contributed by atoms with van der Waals surface area (Å²) in [5.74, 6) is 2.10. The maximum Gasteiger partial charge on any atom is 0.177 e. The van der Waals surface area contributed by atoms with Gasteiger partial charge in [0.05, 0.1) is 11.4 Å². The quantitative estimate of drug-likeness (QED) is 0.733. The van der Waals surface area contributed by atoms with E-state index >= 15 is 0 Å². The number of hydrogen-bond acceptors (Lipinski definition) is 6. The van der Waals surface area contributed by atoms with Gasteiger partial charge in [-0.1, -0.05) is 5.16 Å². The van der Waals surface area contributed by atoms with E-state index in [-0.39, 0.29) is 0 Å². The summed E-state index contributed by atoms with van der Waals surface area (Å²) in [6, 6.07) is 6.09. The van der Waals surface area contributed by atoms with Gasteiger partial charge >= 0.3 is 0 Å². The fraction of sp³-hybridized carbons (Fsp3) is 0.529. The lowest BCUT2D eigenvalue weighted by Gasteiger charge is -2.30. The highest BCUT2D eigenvalue weighted by Gasteiger charge is 2.28. The summed E-state index contributed by atoms with van der Waals surface area (Å²) in [6.07, 6.45) is 6.31. The monoisotopic (exact) mass is 324 g/mol. The lowest BCUT2D eigenvalue weighted by Crippen LogP contribution is -2.33. The van der Waals surface area contributed by atoms with Gasteiger partial charge in [-0.3, -0.25) is 4.90 Å². The molecule has 5 rings (SSSR count). The average Bonchev–Trinajstić information content (AvgIpc) is 3.18. The molecule has 0 atom stereocenters. The Balaban J connectivity index is 1.32. The van der Waals surface area contributed by atoms with Crippen LogP contribution in [0.2, 0.25) is 0 Å². The Hall–Kier alpha value is -2.28. The van der Waals surface area contributed by atoms with Crippen LogP contribution in [0.15, 0.2) is 29.0 Å². The highest BCUT2D eigenvalue weighted by Crippen LogP contribution is 2.39. The Morgan fingerprint density at radius 1 is 1.00 bits per heavy atom. The Bertz CT molecular complexity index is 830. The van der Waals surface area contributed by atoms with Gasteiger partial charge in [0.15, 0.2) is 11.5 Å². The zero-order valence-corrected chi connectivity index (χ0v) is 13.5. The number of rotatable bonds is 4. The normalized spacial score (nSPS) is 20.0. The molecular formula is C17H20N6O. The van der Waals surface area contributed by atoms with Crippen LogP contribution < -0.4 is 0 Å². The minimum Gasteiger partial charge on any atom is -0.364 e. The largest absolute Gasteiger partial charge is 0.364 e. The predicted molar refractivity (Wildman–Crippen MR) is 86.5 cm³/mol. The maximum atomic E-state index is 4.91. The summed E-state index contributed by atoms with van der Waals surface area (Å²) in [5.41, 5.74) is 3.04. The van der Waals surface area contributed by atoms with E-state index in [2.05, 4.69) is 32.4 Å². The Labute approximate surface area is 139 Å². The van der Waals surface area contributed by atoms with Crippen LogP contribution in [-0.2, 0) is 6.54 Å². The number of hydrogen-bond donors (Lipinski definition) is 0. The maximum absolute atomic E-state index is 4.91. The van der Waals surface area contributed by atoms with E-state index in [4.69, 9.17) is 9.62 Å². The van der Waals surface area contributed by atoms with E-state index in [9.17, 15) is 0 Å². The Morgan fingerprint density at radius 2 is 1.88 bits per heavy atom. The number of aromatic nitrogens is 5. The van der Waals surface area contributed by atoms with Crippen LogP contribution in [0.4, 0.5) is 0 Å². The summed E-state index contributed by atoms with van der Waals surface area (Å²) in [4.78, 5) is 2.42. The van der Waals surface area contributed by atoms with Crippen molar-refractivity contribution in [2.24, 2.45) is 0 Å². The molecule has 1 aliphatic carbocycles. The molecule has 0 radical (unpaired) electrons. The van der Waals surface area contributed by atoms with Gasteiger partial charge in [-0.15, -0.1) is 10.2 Å². The molecule has 0 spiro atoms. The van der Waals surface area contributed by atoms with Crippen LogP contribution in [0.3, 0.4) is 0 Å². The van der Waals surface area contributed by atoms with Gasteiger partial charge in [0.2, 0.25) is 0 Å². The van der Waals surface area contributed by atoms with Gasteiger partial charge in [0, 0.05) is 24.4 Å². The van der Waals surface area contributed by atoms with E-state index < -0.39 is 0 Å². The molecule has 2 aliphatic rings. The molecule has 0 bridgehead atoms. The first-order valence-corrected chi connectivity index (χ1v) is 8.71. The Kier molecular flexibility index (Phi) is 3.33. The first-order chi connectivity index (χ1) is 11.9. The fourth-order valence-electron chi connectivity index (χ4n) is 3.57. The second-order valence-corrected chi connectivity index (χ2v) is 6.90. The zero-order valence-electron chi connectivity index (χ0n) is 13.5. The van der Waals surface area contributed by atoms with Crippen LogP contribution in [0.25, 0.3) is 5.65 Å². The molecule has 0 aromatic carbocycles. The number of fused-ring (bicyclic) bond motifs is 1. The second-order valence-electron chi connectivity index (χ2n) is 6.90. The smallest absolute Gasteiger partial charge is 0.177 e. The van der Waals surface area contributed by atoms with Crippen molar-refractivity contribution in [3.05, 3.63) is 41.7 Å². The van der Waals surface area contributed by atoms with Gasteiger partial charge < -0.3 is 4.52 Å². The van der Waals surface area contributed by atoms with Crippen molar-refractivity contribution in [3.63, 3.8) is 0 Å². The second kappa shape index (κ2) is 5.66. The molecule has 24 heavy (non-hydrogen) atoms. The minimum absolute atomic E-state index is 0.426. The molecular weight excluding hydrogens is 304 g/mol. The van der Waals surface area contributed by atoms with Crippen molar-refractivity contribution in [3.8, 4) is 0 Å². The van der Waals surface area contributed by atoms with Crippen LogP contribution in [0.5, 0.6) is 0 Å². The molecule has 3 aromatic rings. The molecule has 1 saturated carbocycles. The van der Waals surface area contributed by atoms with E-state index in [1.165, 1.54) is 18.5 Å². The fourth-order valence-corrected chi connectivity index (χ4v) is 3.57. The molecule has 0 unspecified atom stereocenters. The summed E-state index contributed by atoms with van der Waals surface area (Å²) in [5, 5.41) is 17.6. The van der Waals surface area contributed by atoms with Crippen LogP contribution in [-0.4, -0.2) is 43.0 Å². The average molecular weight is 324 g/mol. The molecule has 1 aliphatic heterocycles. The first kappa shape index (κ1) is 14.1. The third kappa shape index (κ3) is 2.58. The molecule has 1 saturated heterocycles. The SMILES string of the molecule is c1cc(CN2CCC(c3nnc4ccc(C5CC5)nn34)CC2)no1. The van der Waals surface area contributed by atoms with Crippen LogP contribution >= 0.6 is 0 Å². The molecule has 0 amide bonds. The lowest BCUT2D eigenvalue weighted by atomic mass is 9.96. The topological polar surface area (TPSA) is 72.4 Å². The summed E-state index contributed by atoms with van der Waals surface area (Å²) >= 11 is 0. The van der Waals surface area contributed by atoms with Gasteiger partial charge in [-0.05, 0) is 50.9 Å². The first-order valence-electron chi connectivity index (χ1n) is 8.71. The van der Waals surface area contributed by atoms with E-state index in [1.54, 1.807) is 6.26 Å². The van der Waals surface area contributed by atoms with Crippen LogP contribution in [0.1, 0.15) is 54.7 Å². The van der Waals surface area contributed by atoms with Crippen molar-refractivity contribution >= 4 is 5.65 Å². The zero-order chi connectivity index (χ0) is 15.9. The minimum atomic E-state index is 0.426. The van der Waals surface area contributed by atoms with Crippen molar-refractivity contribution in [1.29, 1.82) is 0 Å². The lowest BCUT2D eigenvalue weighted by molar-refractivity contribution is 0.196. The van der Waals surface area contributed by atoms with Crippen molar-refractivity contribution in [2.75, 3.05) is 13.1 Å². The van der Waals surface area contributed by atoms with Crippen LogP contribution in [0, 0.1) is 0 Å². The van der Waals surface area contributed by atoms with Gasteiger partial charge in [0.1, 0.15) is 6.26 Å². The molecule has 7 heteroatoms. The highest BCUT2D eigenvalue weighted by atomic mass is 16.5. The number of piperidine rings is 1. The summed E-state index contributed by atoms with van der Waals surface area (Å²) in [7, 11) is 0. The van der Waals surface area contributed by atoms with E-state index in [0.717, 1.165) is 49.6 Å². The highest BCUT2D eigenvalue weighted by molar-refractivity contribution is 5.38. The molecule has 124 valence electrons. The molecule has 0 N–H and O–H groups in total. The van der Waals surface area contributed by atoms with Crippen molar-refractivity contribution in [1.82, 2.24) is 29.9 Å². The summed E-state index contributed by atoms with van der Waals surface area (Å²) in [6.45, 7) is 2.93. The molecule has 3 aromatic heterocycles. The van der Waals surface area contributed by atoms with Crippen molar-refractivity contribution in [2.45, 2.75) is 44.1 Å². The van der Waals surface area contributed by atoms with E-state index in [1.807, 2.05) is 10.6 Å². The number of nitrogens with zero attached hydrogens (tertiary/aromatic N) is 6. The predicted octanol–water partition coefficient (Wildman–Crippen LogP) is 2.37.